The van der Waals surface area contributed by atoms with Crippen molar-refractivity contribution in [2.24, 2.45) is 0 Å². The number of benzene rings is 1. The van der Waals surface area contributed by atoms with Gasteiger partial charge in [-0.3, -0.25) is 4.79 Å². The van der Waals surface area contributed by atoms with E-state index in [1.165, 1.54) is 19.2 Å². The van der Waals surface area contributed by atoms with Gasteiger partial charge >= 0.3 is 24.4 Å². The Morgan fingerprint density at radius 1 is 0.775 bits per heavy atom. The third-order valence-corrected chi connectivity index (χ3v) is 5.44. The molecule has 0 aromatic heterocycles. The molecule has 1 rings (SSSR count). The summed E-state index contributed by atoms with van der Waals surface area (Å²) in [6.07, 6.45) is 0.284. The van der Waals surface area contributed by atoms with Gasteiger partial charge in [-0.25, -0.2) is 14.4 Å². The number of rotatable bonds is 17. The summed E-state index contributed by atoms with van der Waals surface area (Å²) in [5.41, 5.74) is 0.552. The second-order valence-corrected chi connectivity index (χ2v) is 9.10. The minimum absolute atomic E-state index is 0.0302. The lowest BCUT2D eigenvalue weighted by Gasteiger charge is -2.18. The molecule has 226 valence electrons. The summed E-state index contributed by atoms with van der Waals surface area (Å²) < 4.78 is 35.9. The lowest BCUT2D eigenvalue weighted by Crippen LogP contribution is -2.41. The van der Waals surface area contributed by atoms with Crippen molar-refractivity contribution < 1.29 is 52.3 Å². The van der Waals surface area contributed by atoms with Gasteiger partial charge in [-0.2, -0.15) is 0 Å². The van der Waals surface area contributed by atoms with Crippen molar-refractivity contribution >= 4 is 24.4 Å². The van der Waals surface area contributed by atoms with Gasteiger partial charge in [0.2, 0.25) is 0 Å². The molecule has 1 N–H and O–H groups in total. The van der Waals surface area contributed by atoms with Crippen LogP contribution in [0.4, 0.5) is 14.4 Å². The molecule has 1 aromatic carbocycles. The number of carbonyl (C=O) groups excluding carboxylic acids is 4. The maximum Gasteiger partial charge on any atom is 0.514 e. The standard InChI is InChI=1S/C28H43NO11/c1-7-10-19(4)37-27(32)39-23-13-12-21(18-24(23)40-28(33)38-20(5)11-8-2)17-22(25(30)34-6)29-14-16-36-26(31)35-15-9-3/h12-13,18-20,22,29H,7-11,14-17H2,1-6H3/t19?,20?,22-/m0/s1. The fraction of sp³-hybridized carbons (Fsp3) is 0.643. The molecule has 0 aliphatic carbocycles. The van der Waals surface area contributed by atoms with E-state index in [4.69, 9.17) is 33.2 Å². The van der Waals surface area contributed by atoms with Crippen LogP contribution in [-0.4, -0.2) is 69.6 Å². The zero-order valence-corrected chi connectivity index (χ0v) is 24.3. The first-order valence-electron chi connectivity index (χ1n) is 13.6. The first kappa shape index (κ1) is 34.5. The van der Waals surface area contributed by atoms with E-state index in [0.717, 1.165) is 12.8 Å². The molecule has 0 saturated heterocycles. The molecular formula is C28H43NO11. The van der Waals surface area contributed by atoms with E-state index in [2.05, 4.69) is 5.32 Å². The smallest absolute Gasteiger partial charge is 0.468 e. The molecule has 0 bridgehead atoms. The molecule has 0 spiro atoms. The molecule has 0 amide bonds. The third kappa shape index (κ3) is 14.0. The average molecular weight is 570 g/mol. The maximum absolute atomic E-state index is 12.4. The number of carbonyl (C=O) groups is 4. The Bertz CT molecular complexity index is 937. The van der Waals surface area contributed by atoms with Crippen LogP contribution < -0.4 is 14.8 Å². The molecule has 12 heteroatoms. The van der Waals surface area contributed by atoms with Crippen molar-refractivity contribution in [1.29, 1.82) is 0 Å². The van der Waals surface area contributed by atoms with Crippen LogP contribution in [0.3, 0.4) is 0 Å². The predicted molar refractivity (Wildman–Crippen MR) is 145 cm³/mol. The molecule has 2 unspecified atom stereocenters. The molecule has 40 heavy (non-hydrogen) atoms. The van der Waals surface area contributed by atoms with Crippen LogP contribution >= 0.6 is 0 Å². The number of esters is 1. The maximum atomic E-state index is 12.4. The van der Waals surface area contributed by atoms with Crippen LogP contribution in [0.15, 0.2) is 18.2 Å². The summed E-state index contributed by atoms with van der Waals surface area (Å²) in [7, 11) is 1.25. The van der Waals surface area contributed by atoms with Gasteiger partial charge in [0.15, 0.2) is 11.5 Å². The Morgan fingerprint density at radius 3 is 1.90 bits per heavy atom. The Kier molecular flexibility index (Phi) is 16.8. The van der Waals surface area contributed by atoms with Crippen molar-refractivity contribution in [3.63, 3.8) is 0 Å². The van der Waals surface area contributed by atoms with E-state index >= 15 is 0 Å². The zero-order valence-electron chi connectivity index (χ0n) is 24.3. The number of methoxy groups -OCH3 is 1. The van der Waals surface area contributed by atoms with Crippen LogP contribution in [0.1, 0.15) is 72.3 Å². The molecule has 3 atom stereocenters. The van der Waals surface area contributed by atoms with Crippen molar-refractivity contribution in [2.75, 3.05) is 26.9 Å². The Hall–Kier alpha value is -3.54. The van der Waals surface area contributed by atoms with Crippen molar-refractivity contribution in [3.05, 3.63) is 23.8 Å². The van der Waals surface area contributed by atoms with E-state index in [0.29, 0.717) is 24.8 Å². The number of hydrogen-bond donors (Lipinski definition) is 1. The summed E-state index contributed by atoms with van der Waals surface area (Å²) in [6, 6.07) is 3.67. The van der Waals surface area contributed by atoms with Gasteiger partial charge < -0.3 is 38.5 Å². The van der Waals surface area contributed by atoms with Gasteiger partial charge in [0.25, 0.3) is 0 Å². The Labute approximate surface area is 235 Å². The normalized spacial score (nSPS) is 12.8. The molecule has 12 nitrogen and oxygen atoms in total. The van der Waals surface area contributed by atoms with Gasteiger partial charge in [0, 0.05) is 6.54 Å². The van der Waals surface area contributed by atoms with Crippen LogP contribution in [0.5, 0.6) is 11.5 Å². The number of nitrogens with one attached hydrogen (secondary N) is 1. The largest absolute Gasteiger partial charge is 0.514 e. The highest BCUT2D eigenvalue weighted by Gasteiger charge is 2.23. The number of hydrogen-bond acceptors (Lipinski definition) is 12. The van der Waals surface area contributed by atoms with Crippen LogP contribution in [0, 0.1) is 0 Å². The summed E-state index contributed by atoms with van der Waals surface area (Å²) in [6.45, 7) is 9.64. The monoisotopic (exact) mass is 569 g/mol. The van der Waals surface area contributed by atoms with Gasteiger partial charge in [-0.15, -0.1) is 0 Å². The Balaban J connectivity index is 3.02. The highest BCUT2D eigenvalue weighted by Crippen LogP contribution is 2.30. The van der Waals surface area contributed by atoms with Crippen molar-refractivity contribution in [1.82, 2.24) is 5.32 Å². The predicted octanol–water partition coefficient (Wildman–Crippen LogP) is 5.33. The topological polar surface area (TPSA) is 145 Å². The first-order chi connectivity index (χ1) is 19.1. The molecule has 0 aliphatic rings. The molecular weight excluding hydrogens is 526 g/mol. The van der Waals surface area contributed by atoms with Crippen LogP contribution in [-0.2, 0) is 34.9 Å². The number of ether oxygens (including phenoxy) is 7. The summed E-state index contributed by atoms with van der Waals surface area (Å²) in [5.74, 6) is -0.700. The Morgan fingerprint density at radius 2 is 1.35 bits per heavy atom. The molecule has 0 aliphatic heterocycles. The van der Waals surface area contributed by atoms with Gasteiger partial charge in [-0.1, -0.05) is 39.7 Å². The average Bonchev–Trinajstić information content (AvgIpc) is 2.90. The zero-order chi connectivity index (χ0) is 29.9. The second-order valence-electron chi connectivity index (χ2n) is 9.10. The molecule has 1 aromatic rings. The van der Waals surface area contributed by atoms with Crippen LogP contribution in [0.2, 0.25) is 0 Å². The molecule has 0 fully saturated rings. The van der Waals surface area contributed by atoms with Gasteiger partial charge in [0.05, 0.1) is 13.7 Å². The lowest BCUT2D eigenvalue weighted by atomic mass is 10.1. The first-order valence-corrected chi connectivity index (χ1v) is 13.6. The van der Waals surface area contributed by atoms with Gasteiger partial charge in [0.1, 0.15) is 24.9 Å². The minimum Gasteiger partial charge on any atom is -0.468 e. The SMILES string of the molecule is CCCOC(=O)OCCN[C@@H](Cc1ccc(OC(=O)OC(C)CCC)c(OC(=O)OC(C)CCC)c1)C(=O)OC. The quantitative estimate of drug-likeness (QED) is 0.112. The summed E-state index contributed by atoms with van der Waals surface area (Å²) >= 11 is 0. The summed E-state index contributed by atoms with van der Waals surface area (Å²) in [5, 5.41) is 2.97. The fourth-order valence-electron chi connectivity index (χ4n) is 3.54. The third-order valence-electron chi connectivity index (χ3n) is 5.44. The molecule has 0 heterocycles. The fourth-order valence-corrected chi connectivity index (χ4v) is 3.54. The van der Waals surface area contributed by atoms with Gasteiger partial charge in [-0.05, 0) is 57.2 Å². The second kappa shape index (κ2) is 19.5. The van der Waals surface area contributed by atoms with E-state index in [1.807, 2.05) is 20.8 Å². The van der Waals surface area contributed by atoms with Crippen molar-refractivity contribution in [3.8, 4) is 11.5 Å². The van der Waals surface area contributed by atoms with E-state index in [9.17, 15) is 19.2 Å². The molecule has 0 radical (unpaired) electrons. The highest BCUT2D eigenvalue weighted by atomic mass is 16.8. The van der Waals surface area contributed by atoms with Crippen LogP contribution in [0.25, 0.3) is 0 Å². The lowest BCUT2D eigenvalue weighted by molar-refractivity contribution is -0.143. The minimum atomic E-state index is -0.967. The van der Waals surface area contributed by atoms with Crippen molar-refractivity contribution in [2.45, 2.75) is 91.4 Å². The van der Waals surface area contributed by atoms with E-state index in [1.54, 1.807) is 19.9 Å². The molecule has 0 saturated carbocycles. The van der Waals surface area contributed by atoms with E-state index < -0.39 is 30.5 Å². The highest BCUT2D eigenvalue weighted by molar-refractivity contribution is 5.76. The van der Waals surface area contributed by atoms with E-state index in [-0.39, 0.29) is 49.9 Å². The summed E-state index contributed by atoms with van der Waals surface area (Å²) in [4.78, 5) is 48.6.